The number of aromatic nitrogens is 2. The summed E-state index contributed by atoms with van der Waals surface area (Å²) < 4.78 is 0.847. The van der Waals surface area contributed by atoms with Crippen LogP contribution in [0, 0.1) is 0 Å². The van der Waals surface area contributed by atoms with E-state index in [1.54, 1.807) is 12.1 Å². The quantitative estimate of drug-likeness (QED) is 0.610. The summed E-state index contributed by atoms with van der Waals surface area (Å²) in [6.07, 6.45) is 0. The summed E-state index contributed by atoms with van der Waals surface area (Å²) >= 11 is 15.4. The first-order valence-electron chi connectivity index (χ1n) is 5.45. The van der Waals surface area contributed by atoms with Crippen molar-refractivity contribution in [2.45, 2.75) is 0 Å². The van der Waals surface area contributed by atoms with E-state index in [1.807, 2.05) is 18.2 Å². The van der Waals surface area contributed by atoms with Gasteiger partial charge in [-0.3, -0.25) is 0 Å². The minimum atomic E-state index is 0.525. The summed E-state index contributed by atoms with van der Waals surface area (Å²) in [5, 5.41) is 1.18. The van der Waals surface area contributed by atoms with Crippen LogP contribution in [0.1, 0.15) is 0 Å². The highest BCUT2D eigenvalue weighted by molar-refractivity contribution is 9.10. The first-order valence-corrected chi connectivity index (χ1v) is 6.99. The van der Waals surface area contributed by atoms with Crippen molar-refractivity contribution in [2.24, 2.45) is 0 Å². The lowest BCUT2D eigenvalue weighted by molar-refractivity contribution is 1.33. The van der Waals surface area contributed by atoms with Crippen LogP contribution in [0.4, 0.5) is 5.69 Å². The van der Waals surface area contributed by atoms with Gasteiger partial charge in [-0.25, -0.2) is 4.98 Å². The van der Waals surface area contributed by atoms with E-state index >= 15 is 0 Å². The molecular formula is C13H8BrCl2N3. The number of halogens is 3. The van der Waals surface area contributed by atoms with E-state index in [0.717, 1.165) is 26.9 Å². The van der Waals surface area contributed by atoms with E-state index in [-0.39, 0.29) is 0 Å². The number of hydrogen-bond donors (Lipinski definition) is 2. The Morgan fingerprint density at radius 2 is 1.95 bits per heavy atom. The Morgan fingerprint density at radius 3 is 2.68 bits per heavy atom. The van der Waals surface area contributed by atoms with Crippen molar-refractivity contribution in [1.29, 1.82) is 0 Å². The number of fused-ring (bicyclic) bond motifs is 1. The van der Waals surface area contributed by atoms with Gasteiger partial charge in [-0.15, -0.1) is 0 Å². The van der Waals surface area contributed by atoms with E-state index in [1.165, 1.54) is 0 Å². The van der Waals surface area contributed by atoms with Crippen LogP contribution in [-0.2, 0) is 0 Å². The molecule has 0 atom stereocenters. The van der Waals surface area contributed by atoms with Crippen molar-refractivity contribution in [2.75, 3.05) is 5.73 Å². The average molecular weight is 357 g/mol. The van der Waals surface area contributed by atoms with Gasteiger partial charge in [0, 0.05) is 15.1 Å². The number of nitrogens with two attached hydrogens (primary N) is 1. The second-order valence-electron chi connectivity index (χ2n) is 4.11. The number of nitrogens with zero attached hydrogens (tertiary/aromatic N) is 1. The standard InChI is InChI=1S/C13H8BrCl2N3/c14-8-4-7(15)5-11-12(8)19-13(18-11)6-1-2-9(16)10(17)3-6/h1-5H,17H2,(H,18,19). The van der Waals surface area contributed by atoms with Gasteiger partial charge >= 0.3 is 0 Å². The first kappa shape index (κ1) is 12.8. The fraction of sp³-hybridized carbons (Fsp3) is 0. The Bertz CT molecular complexity index is 783. The predicted octanol–water partition coefficient (Wildman–Crippen LogP) is 4.88. The summed E-state index contributed by atoms with van der Waals surface area (Å²) in [4.78, 5) is 7.75. The van der Waals surface area contributed by atoms with Crippen LogP contribution in [0.2, 0.25) is 10.0 Å². The molecule has 3 nitrogen and oxygen atoms in total. The Kier molecular flexibility index (Phi) is 3.17. The first-order chi connectivity index (χ1) is 9.04. The second-order valence-corrected chi connectivity index (χ2v) is 5.80. The summed E-state index contributed by atoms with van der Waals surface area (Å²) in [5.41, 5.74) is 8.89. The summed E-state index contributed by atoms with van der Waals surface area (Å²) in [7, 11) is 0. The molecule has 0 fully saturated rings. The Morgan fingerprint density at radius 1 is 1.16 bits per heavy atom. The number of imidazole rings is 1. The van der Waals surface area contributed by atoms with Gasteiger partial charge in [-0.1, -0.05) is 23.2 Å². The molecule has 3 aromatic rings. The third kappa shape index (κ3) is 2.31. The summed E-state index contributed by atoms with van der Waals surface area (Å²) in [6.45, 7) is 0. The summed E-state index contributed by atoms with van der Waals surface area (Å²) in [5.74, 6) is 0.723. The number of nitrogens with one attached hydrogen (secondary N) is 1. The van der Waals surface area contributed by atoms with E-state index in [9.17, 15) is 0 Å². The van der Waals surface area contributed by atoms with E-state index in [0.29, 0.717) is 15.7 Å². The van der Waals surface area contributed by atoms with E-state index in [4.69, 9.17) is 28.9 Å². The van der Waals surface area contributed by atoms with Crippen LogP contribution in [0.5, 0.6) is 0 Å². The van der Waals surface area contributed by atoms with Gasteiger partial charge < -0.3 is 10.7 Å². The molecule has 0 radical (unpaired) electrons. The van der Waals surface area contributed by atoms with Crippen LogP contribution >= 0.6 is 39.1 Å². The highest BCUT2D eigenvalue weighted by atomic mass is 79.9. The van der Waals surface area contributed by atoms with Crippen molar-refractivity contribution in [3.63, 3.8) is 0 Å². The Labute approximate surface area is 127 Å². The maximum Gasteiger partial charge on any atom is 0.138 e. The smallest absolute Gasteiger partial charge is 0.138 e. The molecule has 0 aliphatic carbocycles. The number of H-pyrrole nitrogens is 1. The Balaban J connectivity index is 2.20. The van der Waals surface area contributed by atoms with Crippen LogP contribution < -0.4 is 5.73 Å². The van der Waals surface area contributed by atoms with Crippen molar-refractivity contribution in [1.82, 2.24) is 9.97 Å². The molecular weight excluding hydrogens is 349 g/mol. The van der Waals surface area contributed by atoms with Gasteiger partial charge in [0.25, 0.3) is 0 Å². The molecule has 1 heterocycles. The van der Waals surface area contributed by atoms with Gasteiger partial charge in [0.1, 0.15) is 11.3 Å². The molecule has 6 heteroatoms. The van der Waals surface area contributed by atoms with Crippen LogP contribution in [-0.4, -0.2) is 9.97 Å². The normalized spacial score (nSPS) is 11.1. The van der Waals surface area contributed by atoms with Crippen molar-refractivity contribution in [3.05, 3.63) is 44.8 Å². The van der Waals surface area contributed by atoms with E-state index in [2.05, 4.69) is 25.9 Å². The minimum Gasteiger partial charge on any atom is -0.398 e. The van der Waals surface area contributed by atoms with Gasteiger partial charge in [0.15, 0.2) is 0 Å². The lowest BCUT2D eigenvalue weighted by Gasteiger charge is -2.00. The zero-order chi connectivity index (χ0) is 13.6. The van der Waals surface area contributed by atoms with Gasteiger partial charge in [-0.05, 0) is 46.3 Å². The molecule has 3 N–H and O–H groups in total. The van der Waals surface area contributed by atoms with Gasteiger partial charge in [0.05, 0.1) is 16.2 Å². The minimum absolute atomic E-state index is 0.525. The highest BCUT2D eigenvalue weighted by Crippen LogP contribution is 2.31. The fourth-order valence-corrected chi connectivity index (χ4v) is 2.89. The third-order valence-corrected chi connectivity index (χ3v) is 3.94. The average Bonchev–Trinajstić information content (AvgIpc) is 2.76. The molecule has 0 saturated carbocycles. The van der Waals surface area contributed by atoms with Crippen molar-refractivity contribution in [3.8, 4) is 11.4 Å². The molecule has 96 valence electrons. The van der Waals surface area contributed by atoms with Crippen molar-refractivity contribution < 1.29 is 0 Å². The number of rotatable bonds is 1. The number of benzene rings is 2. The SMILES string of the molecule is Nc1cc(-c2nc3c(Br)cc(Cl)cc3[nH]2)ccc1Cl. The fourth-order valence-electron chi connectivity index (χ4n) is 1.87. The Hall–Kier alpha value is -1.23. The third-order valence-electron chi connectivity index (χ3n) is 2.77. The molecule has 0 amide bonds. The zero-order valence-electron chi connectivity index (χ0n) is 9.55. The number of aromatic amines is 1. The number of anilines is 1. The van der Waals surface area contributed by atoms with Crippen LogP contribution in [0.15, 0.2) is 34.8 Å². The molecule has 1 aromatic heterocycles. The largest absolute Gasteiger partial charge is 0.398 e. The molecule has 0 bridgehead atoms. The predicted molar refractivity (Wildman–Crippen MR) is 83.7 cm³/mol. The lowest BCUT2D eigenvalue weighted by atomic mass is 10.2. The number of nitrogen functional groups attached to an aromatic ring is 1. The van der Waals surface area contributed by atoms with Crippen molar-refractivity contribution >= 4 is 55.9 Å². The molecule has 0 saturated heterocycles. The van der Waals surface area contributed by atoms with E-state index < -0.39 is 0 Å². The molecule has 3 rings (SSSR count). The number of hydrogen-bond acceptors (Lipinski definition) is 2. The van der Waals surface area contributed by atoms with Gasteiger partial charge in [-0.2, -0.15) is 0 Å². The molecule has 0 aliphatic rings. The van der Waals surface area contributed by atoms with Gasteiger partial charge in [0.2, 0.25) is 0 Å². The molecule has 0 spiro atoms. The maximum atomic E-state index is 6.01. The molecule has 0 aliphatic heterocycles. The topological polar surface area (TPSA) is 54.7 Å². The molecule has 19 heavy (non-hydrogen) atoms. The molecule has 2 aromatic carbocycles. The maximum absolute atomic E-state index is 6.01. The summed E-state index contributed by atoms with van der Waals surface area (Å²) in [6, 6.07) is 9.05. The second kappa shape index (κ2) is 4.71. The van der Waals surface area contributed by atoms with Crippen LogP contribution in [0.3, 0.4) is 0 Å². The monoisotopic (exact) mass is 355 g/mol. The lowest BCUT2D eigenvalue weighted by Crippen LogP contribution is -1.88. The zero-order valence-corrected chi connectivity index (χ0v) is 12.6. The molecule has 0 unspecified atom stereocenters. The van der Waals surface area contributed by atoms with Crippen LogP contribution in [0.25, 0.3) is 22.4 Å². The highest BCUT2D eigenvalue weighted by Gasteiger charge is 2.10.